The monoisotopic (exact) mass is 350 g/mol. The second-order valence-electron chi connectivity index (χ2n) is 4.93. The van der Waals surface area contributed by atoms with Crippen LogP contribution < -0.4 is 21.8 Å². The lowest BCUT2D eigenvalue weighted by molar-refractivity contribution is -1.73. The Hall–Kier alpha value is -1.19. The molecule has 0 aliphatic rings. The summed E-state index contributed by atoms with van der Waals surface area (Å²) in [6.45, 7) is 0. The summed E-state index contributed by atoms with van der Waals surface area (Å²) in [6, 6.07) is 7.56. The zero-order chi connectivity index (χ0) is 15.9. The fourth-order valence-corrected chi connectivity index (χ4v) is 1.28. The number of rotatable bonds is 2. The Kier molecular flexibility index (Phi) is 7.69. The molecule has 0 saturated heterocycles. The highest BCUT2D eigenvalue weighted by Gasteiger charge is 2.20. The fourth-order valence-electron chi connectivity index (χ4n) is 1.28. The van der Waals surface area contributed by atoms with Gasteiger partial charge in [-0.2, -0.15) is 0 Å². The molecule has 114 valence electrons. The maximum absolute atomic E-state index is 11.5. The number of amides is 1. The smallest absolute Gasteiger partial charge is 0.405 e. The van der Waals surface area contributed by atoms with E-state index in [0.717, 1.165) is 5.69 Å². The molecule has 0 radical (unpaired) electrons. The standard InChI is InChI=1S/C12H19N2O2.BrO3/c1-13(2)12(15)16-11-9-7-6-8-10(11)14(3,4)5;2-1(3)4/h6-9H,1-5H3;/q+1;-1. The van der Waals surface area contributed by atoms with Gasteiger partial charge in [0.1, 0.15) is 0 Å². The number of carbonyl (C=O) groups is 1. The van der Waals surface area contributed by atoms with Gasteiger partial charge in [0, 0.05) is 20.2 Å². The number of quaternary nitrogens is 1. The van der Waals surface area contributed by atoms with Crippen LogP contribution in [-0.2, 0) is 0 Å². The van der Waals surface area contributed by atoms with E-state index in [0.29, 0.717) is 10.2 Å². The molecule has 1 amide bonds. The molecule has 7 nitrogen and oxygen atoms in total. The van der Waals surface area contributed by atoms with Crippen LogP contribution in [0.25, 0.3) is 0 Å². The van der Waals surface area contributed by atoms with Gasteiger partial charge in [-0.1, -0.05) is 12.1 Å². The molecule has 0 aliphatic carbocycles. The number of hydrogen-bond acceptors (Lipinski definition) is 5. The van der Waals surface area contributed by atoms with Crippen LogP contribution >= 0.6 is 0 Å². The van der Waals surface area contributed by atoms with Gasteiger partial charge in [0.25, 0.3) is 0 Å². The van der Waals surface area contributed by atoms with Crippen LogP contribution in [0.1, 0.15) is 0 Å². The van der Waals surface area contributed by atoms with Gasteiger partial charge in [0.2, 0.25) is 14.8 Å². The molecule has 20 heavy (non-hydrogen) atoms. The SMILES string of the molecule is CN(C)C(=O)Oc1ccccc1[N+](C)(C)C.[O-][Br+2]([O-])[O-]. The summed E-state index contributed by atoms with van der Waals surface area (Å²) in [6.07, 6.45) is -0.360. The number of ether oxygens (including phenoxy) is 1. The lowest BCUT2D eigenvalue weighted by Crippen LogP contribution is -2.42. The van der Waals surface area contributed by atoms with E-state index in [2.05, 4.69) is 0 Å². The number of benzene rings is 1. The zero-order valence-corrected chi connectivity index (χ0v) is 13.7. The van der Waals surface area contributed by atoms with Crippen molar-refractivity contribution in [3.05, 3.63) is 24.3 Å². The van der Waals surface area contributed by atoms with Crippen LogP contribution in [0.5, 0.6) is 5.75 Å². The van der Waals surface area contributed by atoms with Crippen molar-refractivity contribution in [3.8, 4) is 5.75 Å². The van der Waals surface area contributed by atoms with Crippen molar-refractivity contribution in [2.45, 2.75) is 0 Å². The minimum atomic E-state index is -3.65. The van der Waals surface area contributed by atoms with E-state index in [1.165, 1.54) is 4.90 Å². The molecule has 0 bridgehead atoms. The Morgan fingerprint density at radius 1 is 1.15 bits per heavy atom. The third kappa shape index (κ3) is 7.41. The van der Waals surface area contributed by atoms with Crippen LogP contribution in [0.15, 0.2) is 24.3 Å². The van der Waals surface area contributed by atoms with Crippen LogP contribution in [-0.4, -0.2) is 46.2 Å². The van der Waals surface area contributed by atoms with Gasteiger partial charge in [0.05, 0.1) is 21.1 Å². The number of halogens is 1. The van der Waals surface area contributed by atoms with E-state index >= 15 is 0 Å². The molecule has 0 aromatic heterocycles. The second kappa shape index (κ2) is 8.18. The van der Waals surface area contributed by atoms with E-state index in [9.17, 15) is 4.79 Å². The summed E-state index contributed by atoms with van der Waals surface area (Å²) in [7, 11) is 9.42. The van der Waals surface area contributed by atoms with Gasteiger partial charge in [0.15, 0.2) is 11.4 Å². The number of nitrogens with zero attached hydrogens (tertiary/aromatic N) is 2. The molecule has 0 spiro atoms. The predicted octanol–water partition coefficient (Wildman–Crippen LogP) is -1.62. The van der Waals surface area contributed by atoms with E-state index in [-0.39, 0.29) is 6.09 Å². The first-order valence-electron chi connectivity index (χ1n) is 5.59. The number of hydrogen-bond donors (Lipinski definition) is 0. The maximum Gasteiger partial charge on any atom is 0.414 e. The summed E-state index contributed by atoms with van der Waals surface area (Å²) in [5.41, 5.74) is 0.970. The molecule has 1 aromatic carbocycles. The largest absolute Gasteiger partial charge is 0.414 e. The van der Waals surface area contributed by atoms with E-state index in [1.807, 2.05) is 39.3 Å². The van der Waals surface area contributed by atoms with E-state index < -0.39 is 14.8 Å². The summed E-state index contributed by atoms with van der Waals surface area (Å²) in [4.78, 5) is 12.9. The molecule has 0 fully saturated rings. The molecule has 0 aliphatic heterocycles. The molecular formula is C12H19BrN2O5. The van der Waals surface area contributed by atoms with Crippen LogP contribution in [0, 0.1) is 14.8 Å². The third-order valence-electron chi connectivity index (χ3n) is 2.15. The Morgan fingerprint density at radius 3 is 2.00 bits per heavy atom. The van der Waals surface area contributed by atoms with E-state index in [4.69, 9.17) is 17.3 Å². The van der Waals surface area contributed by atoms with Gasteiger partial charge >= 0.3 is 6.09 Å². The minimum Gasteiger partial charge on any atom is -0.405 e. The first-order valence-corrected chi connectivity index (χ1v) is 7.53. The average molecular weight is 351 g/mol. The molecule has 0 atom stereocenters. The number of carbonyl (C=O) groups excluding carboxylic acids is 1. The highest BCUT2D eigenvalue weighted by atomic mass is 80.0. The fraction of sp³-hybridized carbons (Fsp3) is 0.417. The van der Waals surface area contributed by atoms with Crippen molar-refractivity contribution in [2.75, 3.05) is 35.2 Å². The van der Waals surface area contributed by atoms with Crippen molar-refractivity contribution in [3.63, 3.8) is 0 Å². The lowest BCUT2D eigenvalue weighted by atomic mass is 10.2. The van der Waals surface area contributed by atoms with Gasteiger partial charge in [-0.25, -0.2) is 4.79 Å². The first-order chi connectivity index (χ1) is 9.05. The van der Waals surface area contributed by atoms with Gasteiger partial charge in [-0.05, 0) is 6.07 Å². The Bertz CT molecular complexity index is 429. The van der Waals surface area contributed by atoms with Gasteiger partial charge in [-0.15, -0.1) is 0 Å². The van der Waals surface area contributed by atoms with Crippen LogP contribution in [0.2, 0.25) is 0 Å². The second-order valence-corrected chi connectivity index (χ2v) is 5.72. The van der Waals surface area contributed by atoms with Crippen molar-refractivity contribution >= 4 is 11.8 Å². The molecule has 0 saturated carbocycles. The Balaban J connectivity index is 0.000000796. The van der Waals surface area contributed by atoms with Crippen LogP contribution in [0.4, 0.5) is 10.5 Å². The highest BCUT2D eigenvalue weighted by Crippen LogP contribution is 2.29. The van der Waals surface area contributed by atoms with Crippen molar-refractivity contribution < 1.29 is 36.9 Å². The van der Waals surface area contributed by atoms with Crippen molar-refractivity contribution in [2.24, 2.45) is 0 Å². The van der Waals surface area contributed by atoms with Crippen molar-refractivity contribution in [1.29, 1.82) is 0 Å². The summed E-state index contributed by atoms with van der Waals surface area (Å²) in [5.74, 6) is 0.605. The lowest BCUT2D eigenvalue weighted by Gasteiger charge is -2.25. The average Bonchev–Trinajstić information content (AvgIpc) is 2.27. The van der Waals surface area contributed by atoms with Gasteiger partial charge in [-0.3, -0.25) is 4.48 Å². The molecule has 1 aromatic rings. The van der Waals surface area contributed by atoms with Crippen LogP contribution in [0.3, 0.4) is 0 Å². The quantitative estimate of drug-likeness (QED) is 0.596. The molecule has 0 N–H and O–H groups in total. The summed E-state index contributed by atoms with van der Waals surface area (Å²) >= 11 is -3.65. The summed E-state index contributed by atoms with van der Waals surface area (Å²) in [5, 5.41) is 0. The normalized spacial score (nSPS) is 10.7. The van der Waals surface area contributed by atoms with E-state index in [1.54, 1.807) is 20.2 Å². The van der Waals surface area contributed by atoms with Gasteiger partial charge < -0.3 is 22.2 Å². The molecule has 1 rings (SSSR count). The first kappa shape index (κ1) is 18.8. The maximum atomic E-state index is 11.5. The predicted molar refractivity (Wildman–Crippen MR) is 65.7 cm³/mol. The Morgan fingerprint density at radius 2 is 1.60 bits per heavy atom. The topological polar surface area (TPSA) is 98.7 Å². The Labute approximate surface area is 124 Å². The molecular weight excluding hydrogens is 332 g/mol. The van der Waals surface area contributed by atoms with Crippen molar-refractivity contribution in [1.82, 2.24) is 9.38 Å². The molecule has 0 heterocycles. The third-order valence-corrected chi connectivity index (χ3v) is 2.15. The minimum absolute atomic E-state index is 0.360. The zero-order valence-electron chi connectivity index (χ0n) is 12.1. The highest BCUT2D eigenvalue weighted by molar-refractivity contribution is 5.72. The molecule has 8 heteroatoms. The number of para-hydroxylation sites is 2. The summed E-state index contributed by atoms with van der Waals surface area (Å²) < 4.78 is 31.5. The molecule has 0 unspecified atom stereocenters.